The molecule has 2 aliphatic rings. The lowest BCUT2D eigenvalue weighted by Crippen LogP contribution is -2.46. The lowest BCUT2D eigenvalue weighted by Gasteiger charge is -2.30. The lowest BCUT2D eigenvalue weighted by molar-refractivity contribution is 0.0461. The molecule has 0 spiro atoms. The Labute approximate surface area is 89.2 Å². The van der Waals surface area contributed by atoms with E-state index in [0.29, 0.717) is 33.0 Å². The maximum Gasteiger partial charge on any atom is 0.325 e. The molecule has 82 valence electrons. The van der Waals surface area contributed by atoms with Gasteiger partial charge in [0.15, 0.2) is 0 Å². The molecule has 0 N–H and O–H groups in total. The molecule has 2 rings (SSSR count). The first-order valence-electron chi connectivity index (χ1n) is 5.01. The fourth-order valence-electron chi connectivity index (χ4n) is 1.62. The minimum Gasteiger partial charge on any atom is -0.378 e. The molecule has 0 bridgehead atoms. The van der Waals surface area contributed by atoms with Gasteiger partial charge in [-0.25, -0.2) is 4.79 Å². The first kappa shape index (κ1) is 10.0. The number of morpholine rings is 1. The zero-order valence-electron chi connectivity index (χ0n) is 8.63. The van der Waals surface area contributed by atoms with Crippen LogP contribution in [0.5, 0.6) is 0 Å². The summed E-state index contributed by atoms with van der Waals surface area (Å²) < 4.78 is 5.20. The Bertz CT molecular complexity index is 284. The number of carbonyl (C=O) groups is 1. The lowest BCUT2D eigenvalue weighted by atomic mass is 10.4. The van der Waals surface area contributed by atoms with E-state index in [1.54, 1.807) is 22.2 Å². The Kier molecular flexibility index (Phi) is 2.91. The zero-order chi connectivity index (χ0) is 10.7. The molecule has 0 unspecified atom stereocenters. The quantitative estimate of drug-likeness (QED) is 0.635. The minimum absolute atomic E-state index is 0.0406. The largest absolute Gasteiger partial charge is 0.378 e. The molecule has 0 saturated carbocycles. The van der Waals surface area contributed by atoms with Gasteiger partial charge < -0.3 is 14.5 Å². The van der Waals surface area contributed by atoms with Crippen LogP contribution in [0.4, 0.5) is 4.79 Å². The third kappa shape index (κ3) is 2.12. The minimum atomic E-state index is 0.0406. The highest BCUT2D eigenvalue weighted by Crippen LogP contribution is 2.10. The molecule has 2 heterocycles. The van der Waals surface area contributed by atoms with Crippen LogP contribution in [0.3, 0.4) is 0 Å². The van der Waals surface area contributed by atoms with Gasteiger partial charge in [0.1, 0.15) is 6.67 Å². The highest BCUT2D eigenvalue weighted by atomic mass is 16.5. The summed E-state index contributed by atoms with van der Waals surface area (Å²) in [6.07, 6.45) is 5.31. The summed E-state index contributed by atoms with van der Waals surface area (Å²) in [5.74, 6) is 0. The molecule has 0 aliphatic carbocycles. The van der Waals surface area contributed by atoms with Crippen molar-refractivity contribution < 1.29 is 9.53 Å². The van der Waals surface area contributed by atoms with Crippen LogP contribution in [0.25, 0.3) is 0 Å². The molecule has 0 atom stereocenters. The second-order valence-corrected chi connectivity index (χ2v) is 3.49. The van der Waals surface area contributed by atoms with Crippen molar-refractivity contribution in [2.45, 2.75) is 0 Å². The standard InChI is InChI=1S/C10H15N3O2/c1-2-11-3-4-13(9-11)10(14)12-5-7-15-8-6-12/h2-4H,1,5-9H2. The van der Waals surface area contributed by atoms with Crippen molar-refractivity contribution in [3.63, 3.8) is 0 Å². The zero-order valence-corrected chi connectivity index (χ0v) is 8.63. The third-order valence-electron chi connectivity index (χ3n) is 2.52. The van der Waals surface area contributed by atoms with Crippen LogP contribution in [0, 0.1) is 0 Å². The second kappa shape index (κ2) is 4.35. The average molecular weight is 209 g/mol. The Morgan fingerprint density at radius 3 is 2.67 bits per heavy atom. The Balaban J connectivity index is 1.91. The Hall–Kier alpha value is -1.49. The highest BCUT2D eigenvalue weighted by molar-refractivity contribution is 5.76. The number of carbonyl (C=O) groups excluding carboxylic acids is 1. The molecule has 2 amide bonds. The van der Waals surface area contributed by atoms with Crippen LogP contribution in [-0.4, -0.2) is 53.7 Å². The van der Waals surface area contributed by atoms with Crippen molar-refractivity contribution in [3.8, 4) is 0 Å². The van der Waals surface area contributed by atoms with Gasteiger partial charge in [-0.1, -0.05) is 6.58 Å². The molecule has 0 aromatic heterocycles. The van der Waals surface area contributed by atoms with Crippen LogP contribution in [-0.2, 0) is 4.74 Å². The molecule has 0 aromatic carbocycles. The second-order valence-electron chi connectivity index (χ2n) is 3.49. The molecular weight excluding hydrogens is 194 g/mol. The first-order chi connectivity index (χ1) is 7.31. The van der Waals surface area contributed by atoms with E-state index in [1.807, 2.05) is 11.1 Å². The van der Waals surface area contributed by atoms with Gasteiger partial charge in [0.25, 0.3) is 0 Å². The monoisotopic (exact) mass is 209 g/mol. The Morgan fingerprint density at radius 2 is 2.07 bits per heavy atom. The van der Waals surface area contributed by atoms with E-state index in [1.165, 1.54) is 0 Å². The fourth-order valence-corrected chi connectivity index (χ4v) is 1.62. The summed E-state index contributed by atoms with van der Waals surface area (Å²) in [6.45, 7) is 6.83. The van der Waals surface area contributed by atoms with E-state index < -0.39 is 0 Å². The van der Waals surface area contributed by atoms with Gasteiger partial charge in [-0.3, -0.25) is 4.90 Å². The third-order valence-corrected chi connectivity index (χ3v) is 2.52. The maximum atomic E-state index is 11.9. The smallest absolute Gasteiger partial charge is 0.325 e. The topological polar surface area (TPSA) is 36.0 Å². The van der Waals surface area contributed by atoms with E-state index in [-0.39, 0.29) is 6.03 Å². The van der Waals surface area contributed by atoms with Crippen molar-refractivity contribution >= 4 is 6.03 Å². The average Bonchev–Trinajstić information content (AvgIpc) is 2.78. The predicted octanol–water partition coefficient (Wildman–Crippen LogP) is 0.628. The summed E-state index contributed by atoms with van der Waals surface area (Å²) in [4.78, 5) is 17.3. The molecule has 5 nitrogen and oxygen atoms in total. The van der Waals surface area contributed by atoms with Gasteiger partial charge in [-0.15, -0.1) is 0 Å². The van der Waals surface area contributed by atoms with Crippen molar-refractivity contribution in [1.29, 1.82) is 0 Å². The van der Waals surface area contributed by atoms with Gasteiger partial charge in [0.05, 0.1) is 13.2 Å². The molecule has 1 saturated heterocycles. The van der Waals surface area contributed by atoms with Crippen LogP contribution >= 0.6 is 0 Å². The van der Waals surface area contributed by atoms with Crippen LogP contribution in [0.15, 0.2) is 25.2 Å². The summed E-state index contributed by atoms with van der Waals surface area (Å²) in [5.41, 5.74) is 0. The molecule has 1 fully saturated rings. The SMILES string of the molecule is C=CN1C=CN(C(=O)N2CCOCC2)C1. The highest BCUT2D eigenvalue weighted by Gasteiger charge is 2.24. The summed E-state index contributed by atoms with van der Waals surface area (Å²) in [6, 6.07) is 0.0406. The van der Waals surface area contributed by atoms with E-state index in [9.17, 15) is 4.79 Å². The van der Waals surface area contributed by atoms with Crippen LogP contribution in [0.2, 0.25) is 0 Å². The van der Waals surface area contributed by atoms with E-state index in [0.717, 1.165) is 0 Å². The molecule has 2 aliphatic heterocycles. The first-order valence-corrected chi connectivity index (χ1v) is 5.01. The van der Waals surface area contributed by atoms with Crippen molar-refractivity contribution in [2.75, 3.05) is 33.0 Å². The number of nitrogens with zero attached hydrogens (tertiary/aromatic N) is 3. The Morgan fingerprint density at radius 1 is 1.33 bits per heavy atom. The number of hydrogen-bond acceptors (Lipinski definition) is 3. The van der Waals surface area contributed by atoms with Gasteiger partial charge in [-0.05, 0) is 6.20 Å². The summed E-state index contributed by atoms with van der Waals surface area (Å²) >= 11 is 0. The van der Waals surface area contributed by atoms with Crippen molar-refractivity contribution in [3.05, 3.63) is 25.2 Å². The van der Waals surface area contributed by atoms with Crippen molar-refractivity contribution in [2.24, 2.45) is 0 Å². The summed E-state index contributed by atoms with van der Waals surface area (Å²) in [7, 11) is 0. The normalized spacial score (nSPS) is 20.9. The van der Waals surface area contributed by atoms with E-state index in [2.05, 4.69) is 6.58 Å². The number of urea groups is 1. The fraction of sp³-hybridized carbons (Fsp3) is 0.500. The van der Waals surface area contributed by atoms with Crippen molar-refractivity contribution in [1.82, 2.24) is 14.7 Å². The van der Waals surface area contributed by atoms with E-state index >= 15 is 0 Å². The van der Waals surface area contributed by atoms with E-state index in [4.69, 9.17) is 4.74 Å². The summed E-state index contributed by atoms with van der Waals surface area (Å²) in [5, 5.41) is 0. The number of amides is 2. The predicted molar refractivity (Wildman–Crippen MR) is 55.7 cm³/mol. The molecule has 15 heavy (non-hydrogen) atoms. The van der Waals surface area contributed by atoms with Gasteiger partial charge >= 0.3 is 6.03 Å². The molecular formula is C10H15N3O2. The maximum absolute atomic E-state index is 11.9. The number of ether oxygens (including phenoxy) is 1. The van der Waals surface area contributed by atoms with Gasteiger partial charge in [0, 0.05) is 25.5 Å². The number of hydrogen-bond donors (Lipinski definition) is 0. The van der Waals surface area contributed by atoms with Gasteiger partial charge in [-0.2, -0.15) is 0 Å². The molecule has 0 radical (unpaired) electrons. The number of rotatable bonds is 1. The molecule has 5 heteroatoms. The van der Waals surface area contributed by atoms with Gasteiger partial charge in [0.2, 0.25) is 0 Å². The van der Waals surface area contributed by atoms with Crippen LogP contribution in [0.1, 0.15) is 0 Å². The molecule has 0 aromatic rings. The van der Waals surface area contributed by atoms with Crippen LogP contribution < -0.4 is 0 Å².